The van der Waals surface area contributed by atoms with Crippen LogP contribution in [0, 0.1) is 0 Å². The zero-order chi connectivity index (χ0) is 26.2. The Morgan fingerprint density at radius 2 is 1.69 bits per heavy atom. The molecule has 2 rings (SSSR count). The summed E-state index contributed by atoms with van der Waals surface area (Å²) in [5, 5.41) is 2.66. The van der Waals surface area contributed by atoms with Crippen molar-refractivity contribution in [2.24, 2.45) is 5.73 Å². The fourth-order valence-corrected chi connectivity index (χ4v) is 3.14. The monoisotopic (exact) mass is 501 g/mol. The molecular weight excluding hydrogens is 476 g/mol. The number of aryl methyl sites for hydroxylation is 1. The molecule has 0 unspecified atom stereocenters. The second-order valence-corrected chi connectivity index (χ2v) is 7.82. The molecule has 0 aliphatic heterocycles. The molecule has 0 aromatic heterocycles. The van der Waals surface area contributed by atoms with Crippen LogP contribution >= 0.6 is 0 Å². The minimum Gasteiger partial charge on any atom is -0.349 e. The number of amides is 2. The van der Waals surface area contributed by atoms with Crippen LogP contribution in [-0.4, -0.2) is 36.6 Å². The summed E-state index contributed by atoms with van der Waals surface area (Å²) in [6.07, 6.45) is -6.62. The van der Waals surface area contributed by atoms with Crippen LogP contribution in [0.4, 0.5) is 32.0 Å². The van der Waals surface area contributed by atoms with Crippen molar-refractivity contribution in [2.45, 2.75) is 44.2 Å². The predicted molar refractivity (Wildman–Crippen MR) is 119 cm³/mol. The summed E-state index contributed by atoms with van der Waals surface area (Å²) in [4.78, 5) is 24.2. The Morgan fingerprint density at radius 1 is 1.03 bits per heavy atom. The summed E-state index contributed by atoms with van der Waals surface area (Å²) in [5.74, 6) is -2.81. The summed E-state index contributed by atoms with van der Waals surface area (Å²) in [6.45, 7) is 0.792. The minimum absolute atomic E-state index is 0.202. The quantitative estimate of drug-likeness (QED) is 0.389. The third-order valence-corrected chi connectivity index (χ3v) is 4.96. The van der Waals surface area contributed by atoms with Gasteiger partial charge in [-0.1, -0.05) is 48.6 Å². The molecule has 0 aliphatic carbocycles. The maximum atomic E-state index is 13.2. The van der Waals surface area contributed by atoms with Crippen LogP contribution in [0.1, 0.15) is 24.5 Å². The lowest BCUT2D eigenvalue weighted by molar-refractivity contribution is -0.170. The highest BCUT2D eigenvalue weighted by Crippen LogP contribution is 2.32. The first-order chi connectivity index (χ1) is 16.3. The van der Waals surface area contributed by atoms with E-state index in [0.717, 1.165) is 17.7 Å². The highest BCUT2D eigenvalue weighted by Gasteiger charge is 2.43. The molecule has 0 aliphatic rings. The molecule has 35 heavy (non-hydrogen) atoms. The second-order valence-electron chi connectivity index (χ2n) is 7.82. The molecule has 5 nitrogen and oxygen atoms in total. The molecule has 0 saturated heterocycles. The molecule has 0 fully saturated rings. The highest BCUT2D eigenvalue weighted by atomic mass is 19.4. The Labute approximate surface area is 198 Å². The molecule has 2 aromatic rings. The molecule has 0 saturated carbocycles. The number of alkyl halides is 6. The number of hydrogen-bond acceptors (Lipinski definition) is 3. The molecule has 0 heterocycles. The molecule has 190 valence electrons. The summed E-state index contributed by atoms with van der Waals surface area (Å²) < 4.78 is 78.6. The van der Waals surface area contributed by atoms with Crippen molar-refractivity contribution in [3.8, 4) is 0 Å². The van der Waals surface area contributed by atoms with Crippen molar-refractivity contribution in [2.75, 3.05) is 11.4 Å². The van der Waals surface area contributed by atoms with E-state index in [-0.39, 0.29) is 4.90 Å². The molecule has 0 bridgehead atoms. The number of carbonyl (C=O) groups excluding carboxylic acids is 2. The van der Waals surface area contributed by atoms with E-state index >= 15 is 0 Å². The summed E-state index contributed by atoms with van der Waals surface area (Å²) in [5.41, 5.74) is 4.78. The summed E-state index contributed by atoms with van der Waals surface area (Å²) in [7, 11) is 0. The van der Waals surface area contributed by atoms with Gasteiger partial charge >= 0.3 is 18.3 Å². The Bertz CT molecular complexity index is 1020. The normalized spacial score (nSPS) is 13.9. The van der Waals surface area contributed by atoms with Crippen molar-refractivity contribution in [3.63, 3.8) is 0 Å². The van der Waals surface area contributed by atoms with Gasteiger partial charge in [-0.2, -0.15) is 26.3 Å². The SMILES string of the molecule is C[C@H](N)C(=O)N[C@H](/C=C/CN(C(=O)C(F)(F)F)c1cccc(C(F)(F)F)c1)CCc1ccccc1. The van der Waals surface area contributed by atoms with Crippen LogP contribution in [0.5, 0.6) is 0 Å². The highest BCUT2D eigenvalue weighted by molar-refractivity contribution is 5.97. The third-order valence-electron chi connectivity index (χ3n) is 4.96. The van der Waals surface area contributed by atoms with Crippen molar-refractivity contribution >= 4 is 17.5 Å². The topological polar surface area (TPSA) is 75.4 Å². The average molecular weight is 501 g/mol. The first kappa shape index (κ1) is 27.9. The van der Waals surface area contributed by atoms with E-state index in [2.05, 4.69) is 5.32 Å². The smallest absolute Gasteiger partial charge is 0.349 e. The van der Waals surface area contributed by atoms with Crippen molar-refractivity contribution in [3.05, 3.63) is 77.9 Å². The molecule has 2 aromatic carbocycles. The van der Waals surface area contributed by atoms with Crippen LogP contribution in [-0.2, 0) is 22.2 Å². The van der Waals surface area contributed by atoms with E-state index in [1.165, 1.54) is 19.1 Å². The van der Waals surface area contributed by atoms with Crippen LogP contribution in [0.15, 0.2) is 66.7 Å². The molecule has 0 spiro atoms. The zero-order valence-electron chi connectivity index (χ0n) is 18.7. The number of nitrogens with one attached hydrogen (secondary N) is 1. The van der Waals surface area contributed by atoms with Gasteiger partial charge in [0.2, 0.25) is 5.91 Å². The molecular formula is C24H25F6N3O2. The van der Waals surface area contributed by atoms with Crippen molar-refractivity contribution in [1.82, 2.24) is 5.32 Å². The number of nitrogens with two attached hydrogens (primary N) is 1. The first-order valence-electron chi connectivity index (χ1n) is 10.6. The number of rotatable bonds is 9. The number of nitrogens with zero attached hydrogens (tertiary/aromatic N) is 1. The van der Waals surface area contributed by atoms with Gasteiger partial charge in [0.25, 0.3) is 0 Å². The van der Waals surface area contributed by atoms with Crippen LogP contribution < -0.4 is 16.0 Å². The maximum Gasteiger partial charge on any atom is 0.471 e. The zero-order valence-corrected chi connectivity index (χ0v) is 18.7. The lowest BCUT2D eigenvalue weighted by atomic mass is 10.0. The number of halogens is 6. The fourth-order valence-electron chi connectivity index (χ4n) is 3.14. The second kappa shape index (κ2) is 11.9. The molecule has 2 amide bonds. The van der Waals surface area contributed by atoms with E-state index in [1.807, 2.05) is 30.3 Å². The first-order valence-corrected chi connectivity index (χ1v) is 10.6. The number of benzene rings is 2. The lowest BCUT2D eigenvalue weighted by Gasteiger charge is -2.24. The fraction of sp³-hybridized carbons (Fsp3) is 0.333. The van der Waals surface area contributed by atoms with Gasteiger partial charge in [0.1, 0.15) is 0 Å². The van der Waals surface area contributed by atoms with E-state index in [1.54, 1.807) is 0 Å². The van der Waals surface area contributed by atoms with E-state index in [0.29, 0.717) is 25.0 Å². The molecule has 3 N–H and O–H groups in total. The van der Waals surface area contributed by atoms with Gasteiger partial charge in [-0.3, -0.25) is 9.59 Å². The van der Waals surface area contributed by atoms with Crippen LogP contribution in [0.3, 0.4) is 0 Å². The van der Waals surface area contributed by atoms with Gasteiger partial charge in [-0.25, -0.2) is 0 Å². The Hall–Kier alpha value is -3.34. The van der Waals surface area contributed by atoms with E-state index in [9.17, 15) is 35.9 Å². The van der Waals surface area contributed by atoms with Crippen molar-refractivity contribution < 1.29 is 35.9 Å². The minimum atomic E-state index is -5.31. The number of hydrogen-bond donors (Lipinski definition) is 2. The van der Waals surface area contributed by atoms with Gasteiger partial charge < -0.3 is 16.0 Å². The van der Waals surface area contributed by atoms with Crippen LogP contribution in [0.2, 0.25) is 0 Å². The largest absolute Gasteiger partial charge is 0.471 e. The van der Waals surface area contributed by atoms with Crippen LogP contribution in [0.25, 0.3) is 0 Å². The number of anilines is 1. The van der Waals surface area contributed by atoms with E-state index < -0.39 is 54.0 Å². The predicted octanol–water partition coefficient (Wildman–Crippen LogP) is 4.62. The van der Waals surface area contributed by atoms with Gasteiger partial charge in [0, 0.05) is 18.3 Å². The summed E-state index contributed by atoms with van der Waals surface area (Å²) >= 11 is 0. The molecule has 11 heteroatoms. The number of carbonyl (C=O) groups is 2. The maximum absolute atomic E-state index is 13.2. The Morgan fingerprint density at radius 3 is 2.26 bits per heavy atom. The Kier molecular flexibility index (Phi) is 9.47. The Balaban J connectivity index is 2.27. The van der Waals surface area contributed by atoms with Gasteiger partial charge in [0.05, 0.1) is 11.6 Å². The lowest BCUT2D eigenvalue weighted by Crippen LogP contribution is -2.44. The average Bonchev–Trinajstić information content (AvgIpc) is 2.79. The van der Waals surface area contributed by atoms with Gasteiger partial charge in [-0.05, 0) is 43.5 Å². The molecule has 2 atom stereocenters. The van der Waals surface area contributed by atoms with E-state index in [4.69, 9.17) is 5.73 Å². The summed E-state index contributed by atoms with van der Waals surface area (Å²) in [6, 6.07) is 10.8. The molecule has 0 radical (unpaired) electrons. The van der Waals surface area contributed by atoms with Crippen molar-refractivity contribution in [1.29, 1.82) is 0 Å². The third kappa shape index (κ3) is 8.75. The standard InChI is InChI=1S/C24H25F6N3O2/c1-16(31)21(34)32-19(13-12-17-7-3-2-4-8-17)10-6-14-33(22(35)24(28,29)30)20-11-5-9-18(15-20)23(25,26)27/h2-11,15-16,19H,12-14,31H2,1H3,(H,32,34)/b10-6+/t16-,19+/m0/s1. The van der Waals surface area contributed by atoms with Gasteiger partial charge in [-0.15, -0.1) is 0 Å². The van der Waals surface area contributed by atoms with Gasteiger partial charge in [0.15, 0.2) is 0 Å².